The van der Waals surface area contributed by atoms with E-state index in [0.29, 0.717) is 35.7 Å². The van der Waals surface area contributed by atoms with E-state index in [9.17, 15) is 14.7 Å². The number of amides is 3. The van der Waals surface area contributed by atoms with Crippen molar-refractivity contribution in [2.24, 2.45) is 0 Å². The normalized spacial score (nSPS) is 19.7. The van der Waals surface area contributed by atoms with Crippen LogP contribution in [0.25, 0.3) is 11.1 Å². The number of carbonyl (C=O) groups excluding carboxylic acids is 2. The van der Waals surface area contributed by atoms with Crippen LogP contribution in [0.5, 0.6) is 0 Å². The van der Waals surface area contributed by atoms with Gasteiger partial charge in [0.25, 0.3) is 0 Å². The van der Waals surface area contributed by atoms with E-state index in [0.717, 1.165) is 11.1 Å². The fourth-order valence-corrected chi connectivity index (χ4v) is 4.22. The molecule has 0 saturated carbocycles. The molecule has 184 valence electrons. The Morgan fingerprint density at radius 3 is 2.37 bits per heavy atom. The van der Waals surface area contributed by atoms with Gasteiger partial charge in [-0.05, 0) is 49.9 Å². The number of aliphatic hydroxyl groups is 1. The van der Waals surface area contributed by atoms with E-state index in [-0.39, 0.29) is 31.1 Å². The van der Waals surface area contributed by atoms with Crippen LogP contribution in [0, 0.1) is 13.8 Å². The first kappa shape index (κ1) is 24.4. The molecular formula is C26H30N4O5. The molecule has 9 nitrogen and oxygen atoms in total. The Kier molecular flexibility index (Phi) is 7.79. The molecule has 3 aromatic rings. The topological polar surface area (TPSA) is 126 Å². The van der Waals surface area contributed by atoms with Gasteiger partial charge in [0.2, 0.25) is 5.91 Å². The second-order valence-electron chi connectivity index (χ2n) is 8.66. The van der Waals surface area contributed by atoms with Crippen LogP contribution in [-0.2, 0) is 9.53 Å². The van der Waals surface area contributed by atoms with Gasteiger partial charge in [0.05, 0.1) is 25.2 Å². The number of nitrogens with zero attached hydrogens (tertiary/aromatic N) is 1. The molecule has 0 aliphatic carbocycles. The van der Waals surface area contributed by atoms with Gasteiger partial charge >= 0.3 is 6.03 Å². The molecule has 3 amide bonds. The second kappa shape index (κ2) is 11.2. The second-order valence-corrected chi connectivity index (χ2v) is 8.66. The molecule has 0 radical (unpaired) electrons. The number of carbonyl (C=O) groups is 2. The molecule has 9 heteroatoms. The molecule has 35 heavy (non-hydrogen) atoms. The van der Waals surface area contributed by atoms with Crippen molar-refractivity contribution in [1.82, 2.24) is 10.5 Å². The predicted octanol–water partition coefficient (Wildman–Crippen LogP) is 4.02. The van der Waals surface area contributed by atoms with Crippen LogP contribution in [-0.4, -0.2) is 47.1 Å². The highest BCUT2D eigenvalue weighted by Crippen LogP contribution is 2.25. The van der Waals surface area contributed by atoms with Crippen LogP contribution < -0.4 is 16.0 Å². The number of aromatic nitrogens is 1. The smallest absolute Gasteiger partial charge is 0.319 e. The van der Waals surface area contributed by atoms with Crippen LogP contribution in [0.15, 0.2) is 59.1 Å². The van der Waals surface area contributed by atoms with Crippen molar-refractivity contribution in [3.05, 3.63) is 66.1 Å². The van der Waals surface area contributed by atoms with Crippen molar-refractivity contribution in [1.29, 1.82) is 0 Å². The SMILES string of the molecule is Cc1noc(C)c1NC(=O)N[C@@H]1CC[C@H](CC(=O)Nc2ccc(-c3ccccc3)cc2)O[C@H]1CO. The maximum absolute atomic E-state index is 12.6. The molecule has 4 rings (SSSR count). The highest BCUT2D eigenvalue weighted by Gasteiger charge is 2.33. The lowest BCUT2D eigenvalue weighted by atomic mass is 9.97. The molecule has 1 aliphatic rings. The number of ether oxygens (including phenoxy) is 1. The van der Waals surface area contributed by atoms with Crippen LogP contribution in [0.4, 0.5) is 16.2 Å². The fourth-order valence-electron chi connectivity index (χ4n) is 4.22. The Hall–Kier alpha value is -3.69. The van der Waals surface area contributed by atoms with E-state index in [4.69, 9.17) is 9.26 Å². The summed E-state index contributed by atoms with van der Waals surface area (Å²) >= 11 is 0. The molecule has 2 aromatic carbocycles. The van der Waals surface area contributed by atoms with Gasteiger partial charge in [0.1, 0.15) is 17.5 Å². The van der Waals surface area contributed by atoms with E-state index in [2.05, 4.69) is 21.1 Å². The highest BCUT2D eigenvalue weighted by atomic mass is 16.5. The lowest BCUT2D eigenvalue weighted by Gasteiger charge is -2.35. The minimum atomic E-state index is -0.609. The lowest BCUT2D eigenvalue weighted by Crippen LogP contribution is -2.52. The summed E-state index contributed by atoms with van der Waals surface area (Å²) in [5.74, 6) is 0.346. The zero-order chi connectivity index (χ0) is 24.8. The van der Waals surface area contributed by atoms with E-state index >= 15 is 0 Å². The van der Waals surface area contributed by atoms with Gasteiger partial charge in [0.15, 0.2) is 5.76 Å². The molecule has 3 atom stereocenters. The Bertz CT molecular complexity index is 1130. The third-order valence-corrected chi connectivity index (χ3v) is 6.07. The third-order valence-electron chi connectivity index (χ3n) is 6.07. The molecule has 0 spiro atoms. The van der Waals surface area contributed by atoms with Crippen LogP contribution in [0.1, 0.15) is 30.7 Å². The summed E-state index contributed by atoms with van der Waals surface area (Å²) in [7, 11) is 0. The van der Waals surface area contributed by atoms with E-state index in [1.54, 1.807) is 13.8 Å². The Morgan fingerprint density at radius 2 is 1.71 bits per heavy atom. The summed E-state index contributed by atoms with van der Waals surface area (Å²) in [4.78, 5) is 25.0. The number of rotatable bonds is 7. The predicted molar refractivity (Wildman–Crippen MR) is 132 cm³/mol. The zero-order valence-electron chi connectivity index (χ0n) is 19.8. The Morgan fingerprint density at radius 1 is 1.00 bits per heavy atom. The van der Waals surface area contributed by atoms with Crippen molar-refractivity contribution in [3.8, 4) is 11.1 Å². The number of aryl methyl sites for hydroxylation is 2. The number of benzene rings is 2. The molecule has 1 saturated heterocycles. The third kappa shape index (κ3) is 6.26. The molecule has 2 heterocycles. The largest absolute Gasteiger partial charge is 0.394 e. The van der Waals surface area contributed by atoms with Crippen molar-refractivity contribution in [2.45, 2.75) is 51.4 Å². The van der Waals surface area contributed by atoms with Gasteiger partial charge in [-0.1, -0.05) is 47.6 Å². The summed E-state index contributed by atoms with van der Waals surface area (Å²) in [5, 5.41) is 22.1. The maximum atomic E-state index is 12.6. The number of anilines is 2. The average Bonchev–Trinajstić information content (AvgIpc) is 3.18. The first-order chi connectivity index (χ1) is 16.9. The number of hydrogen-bond donors (Lipinski definition) is 4. The number of aliphatic hydroxyl groups excluding tert-OH is 1. The van der Waals surface area contributed by atoms with E-state index in [1.165, 1.54) is 0 Å². The van der Waals surface area contributed by atoms with E-state index in [1.807, 2.05) is 54.6 Å². The lowest BCUT2D eigenvalue weighted by molar-refractivity contribution is -0.126. The first-order valence-electron chi connectivity index (χ1n) is 11.6. The monoisotopic (exact) mass is 478 g/mol. The van der Waals surface area contributed by atoms with E-state index < -0.39 is 12.1 Å². The number of urea groups is 1. The van der Waals surface area contributed by atoms with Crippen LogP contribution >= 0.6 is 0 Å². The van der Waals surface area contributed by atoms with Gasteiger partial charge in [-0.15, -0.1) is 0 Å². The molecule has 0 unspecified atom stereocenters. The molecule has 0 bridgehead atoms. The molecule has 1 fully saturated rings. The minimum Gasteiger partial charge on any atom is -0.394 e. The first-order valence-corrected chi connectivity index (χ1v) is 11.6. The van der Waals surface area contributed by atoms with Crippen molar-refractivity contribution >= 4 is 23.3 Å². The molecule has 1 aliphatic heterocycles. The minimum absolute atomic E-state index is 0.162. The molecule has 4 N–H and O–H groups in total. The van der Waals surface area contributed by atoms with Crippen molar-refractivity contribution in [2.75, 3.05) is 17.2 Å². The van der Waals surface area contributed by atoms with Crippen molar-refractivity contribution in [3.63, 3.8) is 0 Å². The Labute approximate surface area is 203 Å². The quantitative estimate of drug-likeness (QED) is 0.406. The summed E-state index contributed by atoms with van der Waals surface area (Å²) in [6, 6.07) is 16.9. The summed E-state index contributed by atoms with van der Waals surface area (Å²) in [5.41, 5.74) is 3.99. The van der Waals surface area contributed by atoms with Crippen LogP contribution in [0.3, 0.4) is 0 Å². The number of hydrogen-bond acceptors (Lipinski definition) is 6. The zero-order valence-corrected chi connectivity index (χ0v) is 19.8. The highest BCUT2D eigenvalue weighted by molar-refractivity contribution is 5.91. The van der Waals surface area contributed by atoms with Gasteiger partial charge in [-0.25, -0.2) is 4.79 Å². The molecule has 1 aromatic heterocycles. The summed E-state index contributed by atoms with van der Waals surface area (Å²) < 4.78 is 11.0. The maximum Gasteiger partial charge on any atom is 0.319 e. The van der Waals surface area contributed by atoms with Crippen molar-refractivity contribution < 1.29 is 24.0 Å². The summed E-state index contributed by atoms with van der Waals surface area (Å²) in [6.07, 6.45) is 0.355. The standard InChI is InChI=1S/C26H30N4O5/c1-16-25(17(2)35-30-16)29-26(33)28-22-13-12-21(34-23(22)15-31)14-24(32)27-20-10-8-19(9-11-20)18-6-4-3-5-7-18/h3-11,21-23,31H,12-15H2,1-2H3,(H,27,32)(H2,28,29,33)/t21-,22-,23+/m1/s1. The number of nitrogens with one attached hydrogen (secondary N) is 3. The fraction of sp³-hybridized carbons (Fsp3) is 0.346. The van der Waals surface area contributed by atoms with Gasteiger partial charge in [-0.3, -0.25) is 4.79 Å². The summed E-state index contributed by atoms with van der Waals surface area (Å²) in [6.45, 7) is 3.18. The van der Waals surface area contributed by atoms with Gasteiger partial charge in [-0.2, -0.15) is 0 Å². The van der Waals surface area contributed by atoms with Gasteiger partial charge in [0, 0.05) is 5.69 Å². The molecular weight excluding hydrogens is 448 g/mol. The average molecular weight is 479 g/mol. The van der Waals surface area contributed by atoms with Crippen LogP contribution in [0.2, 0.25) is 0 Å². The van der Waals surface area contributed by atoms with Gasteiger partial charge < -0.3 is 30.3 Å². The Balaban J connectivity index is 1.26.